The van der Waals surface area contributed by atoms with Crippen LogP contribution in [0.3, 0.4) is 0 Å². The summed E-state index contributed by atoms with van der Waals surface area (Å²) in [5.41, 5.74) is 2.47. The molecule has 1 aliphatic rings. The third kappa shape index (κ3) is 2.96. The number of carbonyl (C=O) groups is 1. The molecule has 1 aromatic carbocycles. The zero-order chi connectivity index (χ0) is 17.2. The molecule has 1 saturated heterocycles. The number of rotatable bonds is 3. The number of piperazine rings is 1. The Bertz CT molecular complexity index is 930. The number of hydrogen-bond donors (Lipinski definition) is 0. The van der Waals surface area contributed by atoms with E-state index in [0.717, 1.165) is 22.5 Å². The van der Waals surface area contributed by atoms with Crippen LogP contribution in [0.2, 0.25) is 0 Å². The topological polar surface area (TPSA) is 71.5 Å². The van der Waals surface area contributed by atoms with Crippen molar-refractivity contribution in [3.63, 3.8) is 0 Å². The van der Waals surface area contributed by atoms with Crippen LogP contribution in [-0.4, -0.2) is 47.6 Å². The number of fused-ring (bicyclic) bond motifs is 1. The van der Waals surface area contributed by atoms with Crippen LogP contribution in [-0.2, 0) is 4.79 Å². The van der Waals surface area contributed by atoms with Crippen molar-refractivity contribution in [2.75, 3.05) is 36.5 Å². The Morgan fingerprint density at radius 3 is 2.72 bits per heavy atom. The number of nitrogens with zero attached hydrogens (tertiary/aromatic N) is 5. The Morgan fingerprint density at radius 1 is 1.08 bits per heavy atom. The summed E-state index contributed by atoms with van der Waals surface area (Å²) in [6.07, 6.45) is 3.36. The molecule has 4 rings (SSSR count). The predicted octanol–water partition coefficient (Wildman–Crippen LogP) is 1.89. The minimum atomic E-state index is 0.00876. The van der Waals surface area contributed by atoms with Gasteiger partial charge in [-0.1, -0.05) is 12.1 Å². The van der Waals surface area contributed by atoms with E-state index < -0.39 is 0 Å². The molecule has 1 fully saturated rings. The van der Waals surface area contributed by atoms with Crippen LogP contribution >= 0.6 is 0 Å². The number of para-hydroxylation sites is 2. The average Bonchev–Trinajstić information content (AvgIpc) is 2.67. The van der Waals surface area contributed by atoms with Crippen molar-refractivity contribution in [2.45, 2.75) is 0 Å². The molecule has 126 valence electrons. The lowest BCUT2D eigenvalue weighted by atomic mass is 10.2. The maximum atomic E-state index is 12.6. The van der Waals surface area contributed by atoms with Crippen molar-refractivity contribution in [3.05, 3.63) is 48.8 Å². The number of benzene rings is 1. The molecule has 1 amide bonds. The van der Waals surface area contributed by atoms with Crippen LogP contribution in [0.1, 0.15) is 0 Å². The first kappa shape index (κ1) is 15.3. The largest absolute Gasteiger partial charge is 0.481 e. The normalized spacial score (nSPS) is 14.8. The Kier molecular flexibility index (Phi) is 3.89. The number of ether oxygens (including phenoxy) is 1. The summed E-state index contributed by atoms with van der Waals surface area (Å²) in [5, 5.41) is 0. The summed E-state index contributed by atoms with van der Waals surface area (Å²) in [5.74, 6) is 1.22. The van der Waals surface area contributed by atoms with Gasteiger partial charge in [0.25, 0.3) is 0 Å². The van der Waals surface area contributed by atoms with Crippen LogP contribution in [0.25, 0.3) is 11.0 Å². The number of amides is 1. The van der Waals surface area contributed by atoms with E-state index in [9.17, 15) is 4.79 Å². The van der Waals surface area contributed by atoms with Crippen LogP contribution < -0.4 is 14.5 Å². The molecule has 0 N–H and O–H groups in total. The molecule has 7 heteroatoms. The number of aromatic nitrogens is 3. The van der Waals surface area contributed by atoms with Crippen molar-refractivity contribution in [2.24, 2.45) is 0 Å². The van der Waals surface area contributed by atoms with E-state index >= 15 is 0 Å². The molecule has 0 spiro atoms. The number of carbonyl (C=O) groups excluding carboxylic acids is 1. The summed E-state index contributed by atoms with van der Waals surface area (Å²) in [7, 11) is 1.56. The molecule has 7 nitrogen and oxygen atoms in total. The van der Waals surface area contributed by atoms with E-state index in [0.29, 0.717) is 19.0 Å². The molecule has 3 heterocycles. The van der Waals surface area contributed by atoms with E-state index in [2.05, 4.69) is 15.0 Å². The van der Waals surface area contributed by atoms with Gasteiger partial charge in [0.2, 0.25) is 11.8 Å². The van der Waals surface area contributed by atoms with Gasteiger partial charge in [0.1, 0.15) is 5.82 Å². The molecule has 0 bridgehead atoms. The zero-order valence-electron chi connectivity index (χ0n) is 13.8. The van der Waals surface area contributed by atoms with Crippen LogP contribution in [0, 0.1) is 0 Å². The lowest BCUT2D eigenvalue weighted by Gasteiger charge is -2.34. The van der Waals surface area contributed by atoms with E-state index in [1.807, 2.05) is 35.2 Å². The third-order valence-corrected chi connectivity index (χ3v) is 4.22. The van der Waals surface area contributed by atoms with Gasteiger partial charge in [0.15, 0.2) is 0 Å². The summed E-state index contributed by atoms with van der Waals surface area (Å²) >= 11 is 0. The van der Waals surface area contributed by atoms with Gasteiger partial charge in [-0.05, 0) is 18.2 Å². The summed E-state index contributed by atoms with van der Waals surface area (Å²) in [6, 6.07) is 11.3. The molecule has 25 heavy (non-hydrogen) atoms. The van der Waals surface area contributed by atoms with Crippen LogP contribution in [0.15, 0.2) is 48.8 Å². The van der Waals surface area contributed by atoms with Crippen LogP contribution in [0.5, 0.6) is 5.88 Å². The van der Waals surface area contributed by atoms with Crippen molar-refractivity contribution in [1.82, 2.24) is 15.0 Å². The molecule has 0 atom stereocenters. The highest BCUT2D eigenvalue weighted by Gasteiger charge is 2.26. The Hall–Kier alpha value is -3.22. The van der Waals surface area contributed by atoms with E-state index in [1.54, 1.807) is 30.5 Å². The summed E-state index contributed by atoms with van der Waals surface area (Å²) in [4.78, 5) is 29.4. The lowest BCUT2D eigenvalue weighted by molar-refractivity contribution is -0.117. The second-order valence-electron chi connectivity index (χ2n) is 5.74. The lowest BCUT2D eigenvalue weighted by Crippen LogP contribution is -2.51. The van der Waals surface area contributed by atoms with Crippen molar-refractivity contribution in [1.29, 1.82) is 0 Å². The number of methoxy groups -OCH3 is 1. The predicted molar refractivity (Wildman–Crippen MR) is 94.9 cm³/mol. The van der Waals surface area contributed by atoms with Crippen molar-refractivity contribution >= 4 is 28.4 Å². The average molecular weight is 335 g/mol. The fraction of sp³-hybridized carbons (Fsp3) is 0.222. The Labute approximate surface area is 144 Å². The van der Waals surface area contributed by atoms with Crippen LogP contribution in [0.4, 0.5) is 11.5 Å². The molecular weight excluding hydrogens is 318 g/mol. The molecule has 0 radical (unpaired) electrons. The fourth-order valence-corrected chi connectivity index (χ4v) is 2.92. The van der Waals surface area contributed by atoms with Gasteiger partial charge >= 0.3 is 0 Å². The van der Waals surface area contributed by atoms with Gasteiger partial charge in [-0.25, -0.2) is 9.97 Å². The minimum absolute atomic E-state index is 0.00876. The van der Waals surface area contributed by atoms with E-state index in [1.165, 1.54) is 0 Å². The number of hydrogen-bond acceptors (Lipinski definition) is 6. The summed E-state index contributed by atoms with van der Waals surface area (Å²) in [6.45, 7) is 1.52. The first-order valence-electron chi connectivity index (χ1n) is 8.02. The zero-order valence-corrected chi connectivity index (χ0v) is 13.8. The molecule has 2 aromatic heterocycles. The minimum Gasteiger partial charge on any atom is -0.481 e. The summed E-state index contributed by atoms with van der Waals surface area (Å²) < 4.78 is 5.13. The van der Waals surface area contributed by atoms with Gasteiger partial charge in [0, 0.05) is 25.4 Å². The monoisotopic (exact) mass is 335 g/mol. The smallest absolute Gasteiger partial charge is 0.246 e. The van der Waals surface area contributed by atoms with Gasteiger partial charge < -0.3 is 14.5 Å². The molecule has 0 saturated carbocycles. The SMILES string of the molecule is COc1cc(N2CCN(c3cnc4ccccc4n3)CC2=O)ccn1. The van der Waals surface area contributed by atoms with E-state index in [4.69, 9.17) is 4.74 Å². The van der Waals surface area contributed by atoms with Crippen molar-refractivity contribution in [3.8, 4) is 5.88 Å². The third-order valence-electron chi connectivity index (χ3n) is 4.22. The maximum Gasteiger partial charge on any atom is 0.246 e. The first-order valence-corrected chi connectivity index (χ1v) is 8.02. The van der Waals surface area contributed by atoms with Gasteiger partial charge in [0.05, 0.1) is 36.6 Å². The highest BCUT2D eigenvalue weighted by atomic mass is 16.5. The van der Waals surface area contributed by atoms with Gasteiger partial charge in [-0.2, -0.15) is 0 Å². The molecule has 1 aliphatic heterocycles. The highest BCUT2D eigenvalue weighted by Crippen LogP contribution is 2.23. The maximum absolute atomic E-state index is 12.6. The molecule has 0 aliphatic carbocycles. The highest BCUT2D eigenvalue weighted by molar-refractivity contribution is 5.97. The Balaban J connectivity index is 1.55. The quantitative estimate of drug-likeness (QED) is 0.728. The van der Waals surface area contributed by atoms with E-state index in [-0.39, 0.29) is 12.5 Å². The first-order chi connectivity index (χ1) is 12.2. The van der Waals surface area contributed by atoms with Crippen molar-refractivity contribution < 1.29 is 9.53 Å². The number of anilines is 2. The second-order valence-corrected chi connectivity index (χ2v) is 5.74. The molecule has 0 unspecified atom stereocenters. The second kappa shape index (κ2) is 6.35. The fourth-order valence-electron chi connectivity index (χ4n) is 2.92. The van der Waals surface area contributed by atoms with Gasteiger partial charge in [-0.3, -0.25) is 9.78 Å². The number of pyridine rings is 1. The van der Waals surface area contributed by atoms with Gasteiger partial charge in [-0.15, -0.1) is 0 Å². The molecule has 3 aromatic rings. The molecular formula is C18H17N5O2. The standard InChI is InChI=1S/C18H17N5O2/c1-25-17-10-13(6-7-19-17)23-9-8-22(12-18(23)24)16-11-20-14-4-2-3-5-15(14)21-16/h2-7,10-11H,8-9,12H2,1H3. The Morgan fingerprint density at radius 2 is 1.92 bits per heavy atom.